The molecule has 1 aliphatic heterocycles. The molecular weight excluding hydrogens is 607 g/mol. The molecule has 2 heterocycles. The summed E-state index contributed by atoms with van der Waals surface area (Å²) in [5.74, 6) is 0. The monoisotopic (exact) mass is 635 g/mol. The highest BCUT2D eigenvalue weighted by Gasteiger charge is 2.25. The summed E-state index contributed by atoms with van der Waals surface area (Å²) in [6, 6.07) is 57.6. The molecule has 9 rings (SSSR count). The van der Waals surface area contributed by atoms with Crippen molar-refractivity contribution in [3.05, 3.63) is 181 Å². The predicted octanol–water partition coefficient (Wildman–Crippen LogP) is 12.0. The van der Waals surface area contributed by atoms with E-state index >= 15 is 0 Å². The van der Waals surface area contributed by atoms with E-state index in [9.17, 15) is 4.21 Å². The third kappa shape index (κ3) is 4.77. The van der Waals surface area contributed by atoms with Crippen molar-refractivity contribution >= 4 is 43.4 Å². The molecule has 0 saturated heterocycles. The van der Waals surface area contributed by atoms with Crippen molar-refractivity contribution in [3.63, 3.8) is 0 Å². The van der Waals surface area contributed by atoms with Gasteiger partial charge in [0.2, 0.25) is 0 Å². The van der Waals surface area contributed by atoms with E-state index in [0.29, 0.717) is 10.6 Å². The molecule has 48 heavy (non-hydrogen) atoms. The van der Waals surface area contributed by atoms with Crippen molar-refractivity contribution in [2.24, 2.45) is 4.36 Å². The number of hydrogen-bond acceptors (Lipinski definition) is 3. The largest absolute Gasteiger partial charge is 0.456 e. The van der Waals surface area contributed by atoms with Crippen LogP contribution in [0.25, 0.3) is 67.1 Å². The second-order valence-electron chi connectivity index (χ2n) is 12.0. The van der Waals surface area contributed by atoms with Crippen LogP contribution in [0.4, 0.5) is 0 Å². The van der Waals surface area contributed by atoms with Crippen LogP contribution in [0, 0.1) is 0 Å². The van der Waals surface area contributed by atoms with E-state index in [1.165, 1.54) is 11.1 Å². The minimum Gasteiger partial charge on any atom is -0.456 e. The summed E-state index contributed by atoms with van der Waals surface area (Å²) in [6.07, 6.45) is 2.06. The Kier molecular flexibility index (Phi) is 6.70. The quantitative estimate of drug-likeness (QED) is 0.189. The molecule has 7 aromatic carbocycles. The SMILES string of the molecule is O=S1(c2ccccc2)=NC(c2ccccc2)=Cc2cc(-c3cccc4oc5ccc(-c6ccc(-c7ccccc7)cc6)cc5c34)ccc21. The lowest BCUT2D eigenvalue weighted by Crippen LogP contribution is -2.08. The highest BCUT2D eigenvalue weighted by Crippen LogP contribution is 2.42. The zero-order valence-electron chi connectivity index (χ0n) is 25.9. The molecule has 0 N–H and O–H groups in total. The van der Waals surface area contributed by atoms with Gasteiger partial charge in [-0.2, -0.15) is 4.36 Å². The van der Waals surface area contributed by atoms with Gasteiger partial charge >= 0.3 is 0 Å². The third-order valence-electron chi connectivity index (χ3n) is 9.09. The van der Waals surface area contributed by atoms with E-state index in [1.807, 2.05) is 84.9 Å². The Bertz CT molecular complexity index is 2630. The maximum atomic E-state index is 14.9. The first-order valence-electron chi connectivity index (χ1n) is 16.0. The van der Waals surface area contributed by atoms with Crippen molar-refractivity contribution in [2.45, 2.75) is 9.79 Å². The molecule has 0 amide bonds. The van der Waals surface area contributed by atoms with Gasteiger partial charge in [0.25, 0.3) is 0 Å². The maximum absolute atomic E-state index is 14.9. The Morgan fingerprint density at radius 1 is 0.479 bits per heavy atom. The minimum absolute atomic E-state index is 0.702. The second-order valence-corrected chi connectivity index (χ2v) is 14.2. The molecule has 1 aromatic heterocycles. The number of nitrogens with zero attached hydrogens (tertiary/aromatic N) is 1. The van der Waals surface area contributed by atoms with Gasteiger partial charge in [-0.1, -0.05) is 127 Å². The van der Waals surface area contributed by atoms with Crippen LogP contribution in [0.15, 0.2) is 188 Å². The lowest BCUT2D eigenvalue weighted by Gasteiger charge is -2.20. The number of furan rings is 1. The zero-order valence-corrected chi connectivity index (χ0v) is 26.7. The number of benzene rings is 7. The first kappa shape index (κ1) is 28.3. The Labute approximate surface area is 279 Å². The lowest BCUT2D eigenvalue weighted by molar-refractivity contribution is 0.669. The summed E-state index contributed by atoms with van der Waals surface area (Å²) in [6.45, 7) is 0. The van der Waals surface area contributed by atoms with Crippen molar-refractivity contribution in [1.82, 2.24) is 0 Å². The summed E-state index contributed by atoms with van der Waals surface area (Å²) < 4.78 is 26.2. The van der Waals surface area contributed by atoms with Crippen molar-refractivity contribution in [3.8, 4) is 33.4 Å². The fourth-order valence-corrected chi connectivity index (χ4v) is 8.81. The number of hydrogen-bond donors (Lipinski definition) is 0. The van der Waals surface area contributed by atoms with Gasteiger partial charge in [0.1, 0.15) is 20.9 Å². The lowest BCUT2D eigenvalue weighted by atomic mass is 9.95. The van der Waals surface area contributed by atoms with Crippen LogP contribution in [-0.4, -0.2) is 4.21 Å². The number of rotatable bonds is 5. The molecule has 1 unspecified atom stereocenters. The molecule has 4 heteroatoms. The van der Waals surface area contributed by atoms with Crippen LogP contribution in [0.5, 0.6) is 0 Å². The average Bonchev–Trinajstić information content (AvgIpc) is 3.54. The highest BCUT2D eigenvalue weighted by atomic mass is 32.2. The Morgan fingerprint density at radius 3 is 1.81 bits per heavy atom. The highest BCUT2D eigenvalue weighted by molar-refractivity contribution is 7.94. The van der Waals surface area contributed by atoms with E-state index in [1.54, 1.807) is 0 Å². The molecule has 1 atom stereocenters. The average molecular weight is 636 g/mol. The Balaban J connectivity index is 1.19. The molecule has 0 fully saturated rings. The van der Waals surface area contributed by atoms with Crippen LogP contribution in [0.1, 0.15) is 11.1 Å². The van der Waals surface area contributed by atoms with Gasteiger partial charge in [-0.25, -0.2) is 4.21 Å². The molecule has 0 bridgehead atoms. The van der Waals surface area contributed by atoms with Crippen molar-refractivity contribution < 1.29 is 8.63 Å². The third-order valence-corrected chi connectivity index (χ3v) is 11.4. The van der Waals surface area contributed by atoms with Crippen LogP contribution < -0.4 is 0 Å². The van der Waals surface area contributed by atoms with Gasteiger partial charge in [-0.3, -0.25) is 0 Å². The van der Waals surface area contributed by atoms with E-state index in [4.69, 9.17) is 8.78 Å². The summed E-state index contributed by atoms with van der Waals surface area (Å²) in [5, 5.41) is 2.12. The molecule has 228 valence electrons. The molecule has 0 saturated carbocycles. The van der Waals surface area contributed by atoms with Gasteiger partial charge in [-0.05, 0) is 87.5 Å². The molecule has 0 spiro atoms. The molecule has 1 aliphatic rings. The fourth-order valence-electron chi connectivity index (χ4n) is 6.70. The van der Waals surface area contributed by atoms with Crippen LogP contribution >= 0.6 is 0 Å². The summed E-state index contributed by atoms with van der Waals surface area (Å²) in [4.78, 5) is 1.43. The smallest absolute Gasteiger partial charge is 0.136 e. The summed E-state index contributed by atoms with van der Waals surface area (Å²) in [7, 11) is -2.91. The van der Waals surface area contributed by atoms with Gasteiger partial charge < -0.3 is 4.42 Å². The Morgan fingerprint density at radius 2 is 1.08 bits per heavy atom. The maximum Gasteiger partial charge on any atom is 0.136 e. The first-order valence-corrected chi connectivity index (χ1v) is 17.5. The predicted molar refractivity (Wildman–Crippen MR) is 198 cm³/mol. The van der Waals surface area contributed by atoms with Crippen LogP contribution in [-0.2, 0) is 9.73 Å². The van der Waals surface area contributed by atoms with Crippen molar-refractivity contribution in [2.75, 3.05) is 0 Å². The topological polar surface area (TPSA) is 42.6 Å². The van der Waals surface area contributed by atoms with E-state index in [0.717, 1.165) is 60.2 Å². The fraction of sp³-hybridized carbons (Fsp3) is 0. The van der Waals surface area contributed by atoms with Gasteiger partial charge in [0.05, 0.1) is 15.5 Å². The zero-order chi connectivity index (χ0) is 32.1. The van der Waals surface area contributed by atoms with Crippen molar-refractivity contribution in [1.29, 1.82) is 0 Å². The first-order chi connectivity index (χ1) is 23.6. The summed E-state index contributed by atoms with van der Waals surface area (Å²) >= 11 is 0. The molecule has 8 aromatic rings. The van der Waals surface area contributed by atoms with E-state index in [-0.39, 0.29) is 0 Å². The number of fused-ring (bicyclic) bond motifs is 4. The van der Waals surface area contributed by atoms with Crippen LogP contribution in [0.3, 0.4) is 0 Å². The summed E-state index contributed by atoms with van der Waals surface area (Å²) in [5.41, 5.74) is 11.0. The Hall–Kier alpha value is -5.97. The minimum atomic E-state index is -2.91. The molecule has 0 radical (unpaired) electrons. The normalized spacial score (nSPS) is 15.5. The van der Waals surface area contributed by atoms with Gasteiger partial charge in [0.15, 0.2) is 0 Å². The molecular formula is C44H29NO2S. The second kappa shape index (κ2) is 11.4. The standard InChI is InChI=1S/C44H29NO2S/c46-48(37-15-8-3-9-16-37)43-26-24-35(27-36(43)29-40(45-48)33-13-6-2-7-14-33)38-17-10-18-42-44(38)39-28-34(23-25-41(39)47-42)32-21-19-31(20-22-32)30-11-4-1-5-12-30/h1-29H. The molecule has 0 aliphatic carbocycles. The van der Waals surface area contributed by atoms with E-state index < -0.39 is 9.73 Å². The van der Waals surface area contributed by atoms with Crippen LogP contribution in [0.2, 0.25) is 0 Å². The van der Waals surface area contributed by atoms with Gasteiger partial charge in [-0.15, -0.1) is 0 Å². The van der Waals surface area contributed by atoms with Gasteiger partial charge in [0, 0.05) is 16.3 Å². The van der Waals surface area contributed by atoms with E-state index in [2.05, 4.69) is 91.0 Å². The molecule has 3 nitrogen and oxygen atoms in total.